The monoisotopic (exact) mass is 163 g/mol. The zero-order chi connectivity index (χ0) is 8.23. The van der Waals surface area contributed by atoms with E-state index in [1.165, 1.54) is 32.2 Å². The van der Waals surface area contributed by atoms with Crippen LogP contribution >= 0.6 is 0 Å². The normalized spacial score (nSPS) is 30.0. The summed E-state index contributed by atoms with van der Waals surface area (Å²) in [6, 6.07) is 0. The van der Waals surface area contributed by atoms with Crippen LogP contribution in [0.3, 0.4) is 0 Å². The van der Waals surface area contributed by atoms with Crippen molar-refractivity contribution in [3.63, 3.8) is 0 Å². The summed E-state index contributed by atoms with van der Waals surface area (Å²) in [6.45, 7) is 2.35. The van der Waals surface area contributed by atoms with Crippen molar-refractivity contribution in [3.05, 3.63) is 23.8 Å². The first-order valence-corrected chi connectivity index (χ1v) is 5.03. The Balaban J connectivity index is 2.13. The highest BCUT2D eigenvalue weighted by molar-refractivity contribution is 5.22. The molecule has 0 aromatic rings. The van der Waals surface area contributed by atoms with Gasteiger partial charge in [0.2, 0.25) is 0 Å². The van der Waals surface area contributed by atoms with E-state index < -0.39 is 0 Å². The summed E-state index contributed by atoms with van der Waals surface area (Å²) in [5, 5.41) is 3.49. The van der Waals surface area contributed by atoms with Crippen LogP contribution in [0.5, 0.6) is 0 Å². The molecule has 0 radical (unpaired) electrons. The second-order valence-corrected chi connectivity index (χ2v) is 3.79. The third-order valence-electron chi connectivity index (χ3n) is 2.72. The first-order valence-electron chi connectivity index (χ1n) is 5.03. The van der Waals surface area contributed by atoms with Crippen LogP contribution in [0.25, 0.3) is 0 Å². The van der Waals surface area contributed by atoms with Gasteiger partial charge in [-0.15, -0.1) is 0 Å². The molecule has 1 heterocycles. The van der Waals surface area contributed by atoms with E-state index in [0.29, 0.717) is 0 Å². The van der Waals surface area contributed by atoms with E-state index >= 15 is 0 Å². The fraction of sp³-hybridized carbons (Fsp3) is 0.636. The molecule has 0 spiro atoms. The summed E-state index contributed by atoms with van der Waals surface area (Å²) >= 11 is 0. The number of rotatable bonds is 0. The van der Waals surface area contributed by atoms with Gasteiger partial charge in [-0.3, -0.25) is 0 Å². The lowest BCUT2D eigenvalue weighted by Gasteiger charge is -2.12. The summed E-state index contributed by atoms with van der Waals surface area (Å²) in [5.41, 5.74) is 1.55. The number of allylic oxidation sites excluding steroid dienone is 2. The highest BCUT2D eigenvalue weighted by Gasteiger charge is 2.10. The Kier molecular flexibility index (Phi) is 2.62. The lowest BCUT2D eigenvalue weighted by Crippen LogP contribution is -2.20. The zero-order valence-corrected chi connectivity index (χ0v) is 7.55. The summed E-state index contributed by atoms with van der Waals surface area (Å²) in [4.78, 5) is 0. The van der Waals surface area contributed by atoms with Crippen molar-refractivity contribution < 1.29 is 0 Å². The molecule has 66 valence electrons. The first-order chi connectivity index (χ1) is 5.95. The predicted molar refractivity (Wildman–Crippen MR) is 52.1 cm³/mol. The maximum Gasteiger partial charge on any atom is 0.00145 e. The van der Waals surface area contributed by atoms with Gasteiger partial charge in [-0.2, -0.15) is 0 Å². The molecule has 1 atom stereocenters. The van der Waals surface area contributed by atoms with Gasteiger partial charge in [-0.25, -0.2) is 0 Å². The minimum atomic E-state index is 0.799. The molecule has 0 saturated heterocycles. The summed E-state index contributed by atoms with van der Waals surface area (Å²) in [7, 11) is 0. The SMILES string of the molecule is C1=CC2=CC(CCC1)CNCC2. The van der Waals surface area contributed by atoms with Gasteiger partial charge in [0.15, 0.2) is 0 Å². The van der Waals surface area contributed by atoms with E-state index in [4.69, 9.17) is 0 Å². The molecule has 1 heteroatoms. The summed E-state index contributed by atoms with van der Waals surface area (Å²) < 4.78 is 0. The molecule has 1 N–H and O–H groups in total. The smallest absolute Gasteiger partial charge is 0.00145 e. The van der Waals surface area contributed by atoms with E-state index in [0.717, 1.165) is 12.5 Å². The molecule has 12 heavy (non-hydrogen) atoms. The van der Waals surface area contributed by atoms with Crippen LogP contribution in [-0.2, 0) is 0 Å². The topological polar surface area (TPSA) is 12.0 Å². The average Bonchev–Trinajstić information content (AvgIpc) is 2.25. The Morgan fingerprint density at radius 3 is 3.42 bits per heavy atom. The molecule has 0 aromatic carbocycles. The Bertz CT molecular complexity index is 203. The maximum absolute atomic E-state index is 3.49. The van der Waals surface area contributed by atoms with E-state index in [2.05, 4.69) is 23.5 Å². The van der Waals surface area contributed by atoms with Crippen molar-refractivity contribution in [2.24, 2.45) is 5.92 Å². The van der Waals surface area contributed by atoms with E-state index in [1.807, 2.05) is 0 Å². The van der Waals surface area contributed by atoms with Crippen molar-refractivity contribution in [1.82, 2.24) is 5.32 Å². The van der Waals surface area contributed by atoms with Crippen LogP contribution in [0.1, 0.15) is 25.7 Å². The lowest BCUT2D eigenvalue weighted by atomic mass is 9.96. The minimum Gasteiger partial charge on any atom is -0.316 e. The second-order valence-electron chi connectivity index (χ2n) is 3.79. The Morgan fingerprint density at radius 2 is 2.42 bits per heavy atom. The van der Waals surface area contributed by atoms with Gasteiger partial charge in [-0.1, -0.05) is 23.8 Å². The molecule has 2 bridgehead atoms. The van der Waals surface area contributed by atoms with Gasteiger partial charge < -0.3 is 5.32 Å². The largest absolute Gasteiger partial charge is 0.316 e. The van der Waals surface area contributed by atoms with Gasteiger partial charge in [0.05, 0.1) is 0 Å². The average molecular weight is 163 g/mol. The van der Waals surface area contributed by atoms with Gasteiger partial charge in [0, 0.05) is 6.54 Å². The number of nitrogens with one attached hydrogen (secondary N) is 1. The van der Waals surface area contributed by atoms with Crippen LogP contribution in [0, 0.1) is 5.92 Å². The van der Waals surface area contributed by atoms with Crippen LogP contribution in [-0.4, -0.2) is 13.1 Å². The van der Waals surface area contributed by atoms with Gasteiger partial charge in [0.1, 0.15) is 0 Å². The lowest BCUT2D eigenvalue weighted by molar-refractivity contribution is 0.524. The van der Waals surface area contributed by atoms with Crippen molar-refractivity contribution in [3.8, 4) is 0 Å². The van der Waals surface area contributed by atoms with E-state index in [9.17, 15) is 0 Å². The molecule has 0 fully saturated rings. The summed E-state index contributed by atoms with van der Waals surface area (Å²) in [5.74, 6) is 0.799. The standard InChI is InChI=1S/C11H17N/c1-2-4-10-6-7-12-9-11(8-10)5-3-1/h2,4,8,11-12H,1,3,5-7,9H2. The first kappa shape index (κ1) is 8.06. The van der Waals surface area contributed by atoms with Gasteiger partial charge >= 0.3 is 0 Å². The highest BCUT2D eigenvalue weighted by Crippen LogP contribution is 2.20. The molecule has 1 unspecified atom stereocenters. The van der Waals surface area contributed by atoms with Crippen LogP contribution in [0.4, 0.5) is 0 Å². The zero-order valence-electron chi connectivity index (χ0n) is 7.55. The molecule has 2 rings (SSSR count). The quantitative estimate of drug-likeness (QED) is 0.577. The fourth-order valence-corrected chi connectivity index (χ4v) is 2.02. The molecular formula is C11H17N. The van der Waals surface area contributed by atoms with Gasteiger partial charge in [-0.05, 0) is 38.1 Å². The van der Waals surface area contributed by atoms with Gasteiger partial charge in [0.25, 0.3) is 0 Å². The minimum absolute atomic E-state index is 0.799. The van der Waals surface area contributed by atoms with Crippen molar-refractivity contribution in [2.75, 3.05) is 13.1 Å². The van der Waals surface area contributed by atoms with Crippen LogP contribution in [0.15, 0.2) is 23.8 Å². The van der Waals surface area contributed by atoms with Crippen LogP contribution in [0.2, 0.25) is 0 Å². The van der Waals surface area contributed by atoms with Crippen LogP contribution < -0.4 is 5.32 Å². The molecule has 1 nitrogen and oxygen atoms in total. The summed E-state index contributed by atoms with van der Waals surface area (Å²) in [6.07, 6.45) is 12.3. The second kappa shape index (κ2) is 3.90. The van der Waals surface area contributed by atoms with E-state index in [-0.39, 0.29) is 0 Å². The molecule has 2 aliphatic rings. The van der Waals surface area contributed by atoms with Crippen molar-refractivity contribution in [1.29, 1.82) is 0 Å². The third-order valence-corrected chi connectivity index (χ3v) is 2.72. The number of fused-ring (bicyclic) bond motifs is 1. The number of hydrogen-bond donors (Lipinski definition) is 1. The van der Waals surface area contributed by atoms with E-state index in [1.54, 1.807) is 5.57 Å². The highest BCUT2D eigenvalue weighted by atomic mass is 14.9. The molecule has 0 amide bonds. The molecule has 1 aliphatic carbocycles. The molecular weight excluding hydrogens is 146 g/mol. The number of hydrogen-bond acceptors (Lipinski definition) is 1. The van der Waals surface area contributed by atoms with Crippen molar-refractivity contribution in [2.45, 2.75) is 25.7 Å². The Morgan fingerprint density at radius 1 is 1.42 bits per heavy atom. The third kappa shape index (κ3) is 1.98. The predicted octanol–water partition coefficient (Wildman–Crippen LogP) is 2.26. The Hall–Kier alpha value is -0.560. The molecule has 1 aliphatic heterocycles. The van der Waals surface area contributed by atoms with Crippen molar-refractivity contribution >= 4 is 0 Å². The Labute approximate surface area is 74.5 Å². The molecule has 0 aromatic heterocycles. The fourth-order valence-electron chi connectivity index (χ4n) is 2.02. The maximum atomic E-state index is 3.49. The molecule has 0 saturated carbocycles.